The number of rotatable bonds is 5. The first-order valence-corrected chi connectivity index (χ1v) is 10.9. The van der Waals surface area contributed by atoms with Crippen LogP contribution in [0.3, 0.4) is 0 Å². The number of hydrogen-bond donors (Lipinski definition) is 1. The van der Waals surface area contributed by atoms with Crippen LogP contribution in [0.25, 0.3) is 10.4 Å². The van der Waals surface area contributed by atoms with Gasteiger partial charge in [-0.25, -0.2) is 0 Å². The highest BCUT2D eigenvalue weighted by Gasteiger charge is 2.25. The molecule has 0 spiro atoms. The highest BCUT2D eigenvalue weighted by molar-refractivity contribution is 7.17. The van der Waals surface area contributed by atoms with Crippen LogP contribution in [-0.4, -0.2) is 29.8 Å². The summed E-state index contributed by atoms with van der Waals surface area (Å²) in [6.45, 7) is 2.54. The number of amides is 2. The third kappa shape index (κ3) is 4.03. The van der Waals surface area contributed by atoms with Crippen molar-refractivity contribution < 1.29 is 14.3 Å². The molecular formula is C22H18Cl2N2O3S. The molecule has 0 unspecified atom stereocenters. The van der Waals surface area contributed by atoms with Gasteiger partial charge in [0.15, 0.2) is 0 Å². The summed E-state index contributed by atoms with van der Waals surface area (Å²) in [4.78, 5) is 28.7. The smallest absolute Gasteiger partial charge is 0.264 e. The Morgan fingerprint density at radius 2 is 1.87 bits per heavy atom. The van der Waals surface area contributed by atoms with Crippen LogP contribution >= 0.6 is 34.5 Å². The first kappa shape index (κ1) is 20.7. The fourth-order valence-electron chi connectivity index (χ4n) is 3.26. The monoisotopic (exact) mass is 460 g/mol. The average Bonchev–Trinajstić information content (AvgIpc) is 3.19. The van der Waals surface area contributed by atoms with Gasteiger partial charge < -0.3 is 15.0 Å². The van der Waals surface area contributed by atoms with Gasteiger partial charge in [0.2, 0.25) is 5.91 Å². The molecule has 4 rings (SSSR count). The van der Waals surface area contributed by atoms with E-state index in [2.05, 4.69) is 5.32 Å². The van der Waals surface area contributed by atoms with Gasteiger partial charge in [-0.1, -0.05) is 41.4 Å². The summed E-state index contributed by atoms with van der Waals surface area (Å²) in [7, 11) is 0. The van der Waals surface area contributed by atoms with Crippen molar-refractivity contribution in [2.75, 3.05) is 18.4 Å². The molecule has 0 radical (unpaired) electrons. The summed E-state index contributed by atoms with van der Waals surface area (Å²) in [5.41, 5.74) is 2.30. The van der Waals surface area contributed by atoms with Crippen molar-refractivity contribution in [3.8, 4) is 16.2 Å². The van der Waals surface area contributed by atoms with Gasteiger partial charge in [0.25, 0.3) is 5.91 Å². The maximum absolute atomic E-state index is 13.1. The second-order valence-corrected chi connectivity index (χ2v) is 8.58. The lowest BCUT2D eigenvalue weighted by atomic mass is 10.1. The van der Waals surface area contributed by atoms with E-state index in [-0.39, 0.29) is 18.4 Å². The van der Waals surface area contributed by atoms with Gasteiger partial charge in [0, 0.05) is 22.5 Å². The van der Waals surface area contributed by atoms with Crippen molar-refractivity contribution >= 4 is 52.0 Å². The number of nitrogens with zero attached hydrogens (tertiary/aromatic N) is 1. The van der Waals surface area contributed by atoms with Crippen molar-refractivity contribution in [2.45, 2.75) is 13.5 Å². The number of carbonyl (C=O) groups excluding carboxylic acids is 2. The molecule has 0 fully saturated rings. The Bertz CT molecular complexity index is 1110. The number of thiophene rings is 1. The fraction of sp³-hybridized carbons (Fsp3) is 0.182. The summed E-state index contributed by atoms with van der Waals surface area (Å²) in [5, 5.41) is 3.38. The van der Waals surface area contributed by atoms with Crippen LogP contribution < -0.4 is 10.1 Å². The number of likely N-dealkylation sites (N-methyl/N-ethyl adjacent to an activating group) is 1. The summed E-state index contributed by atoms with van der Waals surface area (Å²) >= 11 is 13.6. The normalized spacial score (nSPS) is 11.8. The molecule has 0 saturated heterocycles. The van der Waals surface area contributed by atoms with E-state index in [1.54, 1.807) is 18.2 Å². The zero-order chi connectivity index (χ0) is 21.3. The number of benzene rings is 2. The highest BCUT2D eigenvalue weighted by atomic mass is 35.5. The van der Waals surface area contributed by atoms with E-state index in [0.717, 1.165) is 21.8 Å². The lowest BCUT2D eigenvalue weighted by Gasteiger charge is -2.20. The third-order valence-corrected chi connectivity index (χ3v) is 6.59. The molecule has 8 heteroatoms. The van der Waals surface area contributed by atoms with Gasteiger partial charge in [-0.15, -0.1) is 11.3 Å². The molecule has 2 heterocycles. The number of nitrogens with one attached hydrogen (secondary N) is 1. The second kappa shape index (κ2) is 8.68. The Kier molecular flexibility index (Phi) is 5.99. The van der Waals surface area contributed by atoms with E-state index in [1.165, 1.54) is 16.2 Å². The number of ether oxygens (including phenoxy) is 1. The van der Waals surface area contributed by atoms with Crippen LogP contribution in [0.15, 0.2) is 48.5 Å². The lowest BCUT2D eigenvalue weighted by Crippen LogP contribution is -2.37. The number of hydrogen-bond acceptors (Lipinski definition) is 4. The number of halogens is 2. The Morgan fingerprint density at radius 1 is 1.13 bits per heavy atom. The number of fused-ring (bicyclic) bond motifs is 3. The van der Waals surface area contributed by atoms with Crippen LogP contribution in [0.5, 0.6) is 5.75 Å². The van der Waals surface area contributed by atoms with Crippen LogP contribution in [0.2, 0.25) is 10.0 Å². The van der Waals surface area contributed by atoms with Crippen LogP contribution in [-0.2, 0) is 11.4 Å². The number of anilines is 1. The molecule has 5 nitrogen and oxygen atoms in total. The fourth-order valence-corrected chi connectivity index (χ4v) is 4.91. The van der Waals surface area contributed by atoms with Gasteiger partial charge in [0.05, 0.1) is 20.6 Å². The summed E-state index contributed by atoms with van der Waals surface area (Å²) < 4.78 is 5.78. The van der Waals surface area contributed by atoms with E-state index in [4.69, 9.17) is 27.9 Å². The predicted octanol–water partition coefficient (Wildman–Crippen LogP) is 5.72. The van der Waals surface area contributed by atoms with Crippen molar-refractivity contribution in [3.05, 3.63) is 69.0 Å². The van der Waals surface area contributed by atoms with E-state index in [9.17, 15) is 9.59 Å². The highest BCUT2D eigenvalue weighted by Crippen LogP contribution is 2.42. The molecular weight excluding hydrogens is 443 g/mol. The molecule has 1 aromatic heterocycles. The van der Waals surface area contributed by atoms with Gasteiger partial charge in [-0.05, 0) is 37.3 Å². The molecule has 0 bridgehead atoms. The molecule has 0 saturated carbocycles. The Morgan fingerprint density at radius 3 is 2.60 bits per heavy atom. The van der Waals surface area contributed by atoms with Crippen molar-refractivity contribution in [2.24, 2.45) is 0 Å². The van der Waals surface area contributed by atoms with E-state index >= 15 is 0 Å². The van der Waals surface area contributed by atoms with E-state index < -0.39 is 0 Å². The van der Waals surface area contributed by atoms with Crippen LogP contribution in [0.1, 0.15) is 22.2 Å². The minimum Gasteiger partial charge on any atom is -0.488 e. The maximum Gasteiger partial charge on any atom is 0.264 e. The van der Waals surface area contributed by atoms with Gasteiger partial charge in [0.1, 0.15) is 18.9 Å². The third-order valence-electron chi connectivity index (χ3n) is 4.77. The quantitative estimate of drug-likeness (QED) is 0.529. The zero-order valence-electron chi connectivity index (χ0n) is 16.1. The number of carbonyl (C=O) groups is 2. The molecule has 0 atom stereocenters. The van der Waals surface area contributed by atoms with Crippen molar-refractivity contribution in [1.82, 2.24) is 4.90 Å². The second-order valence-electron chi connectivity index (χ2n) is 6.71. The predicted molar refractivity (Wildman–Crippen MR) is 121 cm³/mol. The van der Waals surface area contributed by atoms with Crippen LogP contribution in [0, 0.1) is 0 Å². The molecule has 154 valence electrons. The van der Waals surface area contributed by atoms with Crippen molar-refractivity contribution in [3.63, 3.8) is 0 Å². The largest absolute Gasteiger partial charge is 0.488 e. The molecule has 1 aliphatic rings. The zero-order valence-corrected chi connectivity index (χ0v) is 18.4. The summed E-state index contributed by atoms with van der Waals surface area (Å²) in [6, 6.07) is 14.6. The summed E-state index contributed by atoms with van der Waals surface area (Å²) in [6.07, 6.45) is 0. The minimum atomic E-state index is -0.366. The number of para-hydroxylation sites is 2. The molecule has 2 aromatic carbocycles. The molecule has 1 aliphatic heterocycles. The van der Waals surface area contributed by atoms with E-state index in [0.29, 0.717) is 33.8 Å². The Hall–Kier alpha value is -2.54. The SMILES string of the molecule is CCN(CC(=O)Nc1c(Cl)cccc1Cl)C(=O)c1cc2c(s1)-c1ccccc1OC2. The molecule has 30 heavy (non-hydrogen) atoms. The lowest BCUT2D eigenvalue weighted by molar-refractivity contribution is -0.116. The summed E-state index contributed by atoms with van der Waals surface area (Å²) in [5.74, 6) is 0.249. The van der Waals surface area contributed by atoms with Gasteiger partial charge in [-0.3, -0.25) is 9.59 Å². The van der Waals surface area contributed by atoms with Gasteiger partial charge >= 0.3 is 0 Å². The van der Waals surface area contributed by atoms with Gasteiger partial charge in [-0.2, -0.15) is 0 Å². The van der Waals surface area contributed by atoms with E-state index in [1.807, 2.05) is 37.3 Å². The standard InChI is InChI=1S/C22H18Cl2N2O3S/c1-2-26(11-19(27)25-20-15(23)7-5-8-16(20)24)22(28)18-10-13-12-29-17-9-4-3-6-14(17)21(13)30-18/h3-10H,2,11-12H2,1H3,(H,25,27). The molecule has 2 amide bonds. The Labute approximate surface area is 188 Å². The van der Waals surface area contributed by atoms with Crippen molar-refractivity contribution in [1.29, 1.82) is 0 Å². The first-order valence-electron chi connectivity index (χ1n) is 9.36. The molecule has 0 aliphatic carbocycles. The first-order chi connectivity index (χ1) is 14.5. The van der Waals surface area contributed by atoms with Crippen LogP contribution in [0.4, 0.5) is 5.69 Å². The minimum absolute atomic E-state index is 0.105. The topological polar surface area (TPSA) is 58.6 Å². The Balaban J connectivity index is 1.51. The molecule has 3 aromatic rings. The molecule has 1 N–H and O–H groups in total. The average molecular weight is 461 g/mol. The maximum atomic E-state index is 13.1.